The highest BCUT2D eigenvalue weighted by molar-refractivity contribution is 5.08. The Bertz CT molecular complexity index is 144. The second-order valence-electron chi connectivity index (χ2n) is 1.96. The lowest BCUT2D eigenvalue weighted by atomic mass is 10.2. The Balaban J connectivity index is 3.58. The monoisotopic (exact) mass is 120 g/mol. The molecule has 0 N–H and O–H groups in total. The first-order valence-corrected chi connectivity index (χ1v) is 3.01. The van der Waals surface area contributed by atoms with E-state index in [1.54, 1.807) is 0 Å². The Morgan fingerprint density at radius 3 is 2.89 bits per heavy atom. The smallest absolute Gasteiger partial charge is 0.0293 e. The van der Waals surface area contributed by atoms with Gasteiger partial charge in [0.25, 0.3) is 0 Å². The van der Waals surface area contributed by atoms with Crippen LogP contribution in [0.3, 0.4) is 0 Å². The van der Waals surface area contributed by atoms with Crippen molar-refractivity contribution in [3.63, 3.8) is 0 Å². The van der Waals surface area contributed by atoms with Gasteiger partial charge in [-0.3, -0.25) is 0 Å². The molecule has 0 heteroatoms. The van der Waals surface area contributed by atoms with Crippen LogP contribution in [0, 0.1) is 12.3 Å². The summed E-state index contributed by atoms with van der Waals surface area (Å²) >= 11 is 0. The van der Waals surface area contributed by atoms with Gasteiger partial charge in [0, 0.05) is 6.42 Å². The number of terminal acetylenes is 1. The molecular weight excluding hydrogens is 108 g/mol. The quantitative estimate of drug-likeness (QED) is 0.396. The van der Waals surface area contributed by atoms with E-state index in [9.17, 15) is 0 Å². The van der Waals surface area contributed by atoms with Gasteiger partial charge in [0.1, 0.15) is 0 Å². The molecule has 9 heavy (non-hydrogen) atoms. The molecule has 0 aliphatic rings. The van der Waals surface area contributed by atoms with Crippen LogP contribution >= 0.6 is 0 Å². The van der Waals surface area contributed by atoms with Crippen LogP contribution in [0.1, 0.15) is 19.8 Å². The average Bonchev–Trinajstić information content (AvgIpc) is 1.85. The molecule has 0 spiro atoms. The third-order valence-corrected chi connectivity index (χ3v) is 1.01. The van der Waals surface area contributed by atoms with Gasteiger partial charge in [0.15, 0.2) is 0 Å². The molecule has 0 unspecified atom stereocenters. The van der Waals surface area contributed by atoms with Gasteiger partial charge in [0.2, 0.25) is 0 Å². The summed E-state index contributed by atoms with van der Waals surface area (Å²) in [6.45, 7) is 5.63. The molecule has 0 nitrogen and oxygen atoms in total. The number of hydrogen-bond donors (Lipinski definition) is 0. The molecule has 0 aromatic rings. The Kier molecular flexibility index (Phi) is 4.63. The summed E-state index contributed by atoms with van der Waals surface area (Å²) < 4.78 is 0. The van der Waals surface area contributed by atoms with Crippen molar-refractivity contribution >= 4 is 0 Å². The normalized spacial score (nSPS) is 10.4. The Hall–Kier alpha value is -0.960. The molecule has 0 saturated heterocycles. The molecule has 0 aliphatic carbocycles. The average molecular weight is 120 g/mol. The van der Waals surface area contributed by atoms with Gasteiger partial charge in [0.05, 0.1) is 0 Å². The summed E-state index contributed by atoms with van der Waals surface area (Å²) in [5, 5.41) is 0. The van der Waals surface area contributed by atoms with Crippen LogP contribution in [-0.2, 0) is 0 Å². The minimum atomic E-state index is 0.758. The molecule has 0 saturated carbocycles. The molecular formula is C9H12. The number of hydrogen-bond acceptors (Lipinski definition) is 0. The lowest BCUT2D eigenvalue weighted by molar-refractivity contribution is 1.20. The first-order valence-electron chi connectivity index (χ1n) is 3.01. The summed E-state index contributed by atoms with van der Waals surface area (Å²) in [5.74, 6) is 2.57. The van der Waals surface area contributed by atoms with Crippen LogP contribution in [0.4, 0.5) is 0 Å². The van der Waals surface area contributed by atoms with Crippen LogP contribution < -0.4 is 0 Å². The molecule has 0 fully saturated rings. The standard InChI is InChI=1S/C9H12/c1-4-6-8-9(3)7-5-2/h2,4,8H,1,6-7H2,3H3/b9-8+. The Morgan fingerprint density at radius 1 is 1.78 bits per heavy atom. The maximum Gasteiger partial charge on any atom is 0.0293 e. The highest BCUT2D eigenvalue weighted by atomic mass is 13.9. The molecule has 0 heterocycles. The molecule has 0 rings (SSSR count). The summed E-state index contributed by atoms with van der Waals surface area (Å²) in [5.41, 5.74) is 1.25. The fourth-order valence-electron chi connectivity index (χ4n) is 0.518. The summed E-state index contributed by atoms with van der Waals surface area (Å²) in [4.78, 5) is 0. The van der Waals surface area contributed by atoms with Crippen molar-refractivity contribution in [2.24, 2.45) is 0 Å². The van der Waals surface area contributed by atoms with Gasteiger partial charge in [-0.15, -0.1) is 18.9 Å². The molecule has 0 aliphatic heterocycles. The van der Waals surface area contributed by atoms with Crippen LogP contribution in [-0.4, -0.2) is 0 Å². The van der Waals surface area contributed by atoms with E-state index in [1.165, 1.54) is 5.57 Å². The van der Waals surface area contributed by atoms with Crippen LogP contribution in [0.25, 0.3) is 0 Å². The van der Waals surface area contributed by atoms with E-state index in [-0.39, 0.29) is 0 Å². The summed E-state index contributed by atoms with van der Waals surface area (Å²) in [6.07, 6.45) is 10.7. The zero-order chi connectivity index (χ0) is 7.11. The zero-order valence-electron chi connectivity index (χ0n) is 5.85. The SMILES string of the molecule is C#CC/C(C)=C/CC=C. The maximum absolute atomic E-state index is 5.08. The fourth-order valence-corrected chi connectivity index (χ4v) is 0.518. The lowest BCUT2D eigenvalue weighted by Gasteiger charge is -1.89. The Labute approximate surface area is 57.3 Å². The topological polar surface area (TPSA) is 0 Å². The third kappa shape index (κ3) is 4.90. The van der Waals surface area contributed by atoms with Gasteiger partial charge in [-0.05, 0) is 13.3 Å². The maximum atomic E-state index is 5.08. The fraction of sp³-hybridized carbons (Fsp3) is 0.333. The predicted octanol–water partition coefficient (Wildman–Crippen LogP) is 2.53. The number of allylic oxidation sites excluding steroid dienone is 3. The van der Waals surface area contributed by atoms with Crippen molar-refractivity contribution in [2.75, 3.05) is 0 Å². The van der Waals surface area contributed by atoms with Gasteiger partial charge in [-0.25, -0.2) is 0 Å². The van der Waals surface area contributed by atoms with Gasteiger partial charge in [-0.1, -0.05) is 17.7 Å². The van der Waals surface area contributed by atoms with E-state index in [4.69, 9.17) is 6.42 Å². The molecule has 0 amide bonds. The van der Waals surface area contributed by atoms with E-state index in [1.807, 2.05) is 13.0 Å². The van der Waals surface area contributed by atoms with Crippen LogP contribution in [0.2, 0.25) is 0 Å². The van der Waals surface area contributed by atoms with E-state index in [0.717, 1.165) is 12.8 Å². The van der Waals surface area contributed by atoms with Gasteiger partial charge in [-0.2, -0.15) is 0 Å². The highest BCUT2D eigenvalue weighted by Crippen LogP contribution is 1.99. The molecule has 0 bridgehead atoms. The molecule has 0 radical (unpaired) electrons. The van der Waals surface area contributed by atoms with Crippen molar-refractivity contribution in [1.29, 1.82) is 0 Å². The van der Waals surface area contributed by atoms with E-state index in [2.05, 4.69) is 18.6 Å². The second-order valence-corrected chi connectivity index (χ2v) is 1.96. The van der Waals surface area contributed by atoms with Gasteiger partial charge < -0.3 is 0 Å². The van der Waals surface area contributed by atoms with Crippen molar-refractivity contribution in [3.8, 4) is 12.3 Å². The van der Waals surface area contributed by atoms with E-state index in [0.29, 0.717) is 0 Å². The van der Waals surface area contributed by atoms with E-state index < -0.39 is 0 Å². The predicted molar refractivity (Wildman–Crippen MR) is 42.0 cm³/mol. The molecule has 0 aromatic carbocycles. The van der Waals surface area contributed by atoms with Gasteiger partial charge >= 0.3 is 0 Å². The zero-order valence-corrected chi connectivity index (χ0v) is 5.85. The highest BCUT2D eigenvalue weighted by Gasteiger charge is 1.80. The Morgan fingerprint density at radius 2 is 2.44 bits per heavy atom. The first kappa shape index (κ1) is 8.04. The van der Waals surface area contributed by atoms with Crippen molar-refractivity contribution in [3.05, 3.63) is 24.3 Å². The first-order chi connectivity index (χ1) is 4.31. The second kappa shape index (κ2) is 5.18. The molecule has 48 valence electrons. The van der Waals surface area contributed by atoms with Crippen molar-refractivity contribution in [2.45, 2.75) is 19.8 Å². The van der Waals surface area contributed by atoms with E-state index >= 15 is 0 Å². The number of rotatable bonds is 3. The van der Waals surface area contributed by atoms with Crippen LogP contribution in [0.5, 0.6) is 0 Å². The third-order valence-electron chi connectivity index (χ3n) is 1.01. The minimum absolute atomic E-state index is 0.758. The van der Waals surface area contributed by atoms with Crippen molar-refractivity contribution < 1.29 is 0 Å². The summed E-state index contributed by atoms with van der Waals surface area (Å²) in [6, 6.07) is 0. The van der Waals surface area contributed by atoms with Crippen LogP contribution in [0.15, 0.2) is 24.3 Å². The van der Waals surface area contributed by atoms with Crippen molar-refractivity contribution in [1.82, 2.24) is 0 Å². The molecule has 0 aromatic heterocycles. The molecule has 0 atom stereocenters. The minimum Gasteiger partial charge on any atom is -0.120 e. The summed E-state index contributed by atoms with van der Waals surface area (Å²) in [7, 11) is 0. The lowest BCUT2D eigenvalue weighted by Crippen LogP contribution is -1.70. The largest absolute Gasteiger partial charge is 0.120 e.